The Morgan fingerprint density at radius 1 is 1.36 bits per heavy atom. The molecule has 0 unspecified atom stereocenters. The predicted octanol–water partition coefficient (Wildman–Crippen LogP) is 1.04. The number of hydrogen-bond acceptors (Lipinski definition) is 3. The van der Waals surface area contributed by atoms with Crippen molar-refractivity contribution in [2.45, 2.75) is 0 Å². The highest BCUT2D eigenvalue weighted by atomic mass is 19.2. The highest BCUT2D eigenvalue weighted by Crippen LogP contribution is 2.16. The number of nitrogens with zero attached hydrogens (tertiary/aromatic N) is 1. The van der Waals surface area contributed by atoms with Gasteiger partial charge in [-0.2, -0.15) is 5.10 Å². The Morgan fingerprint density at radius 3 is 2.45 bits per heavy atom. The molecule has 58 valence electrons. The minimum absolute atomic E-state index is 0.230. The van der Waals surface area contributed by atoms with E-state index >= 15 is 0 Å². The van der Waals surface area contributed by atoms with Gasteiger partial charge in [0.25, 0.3) is 0 Å². The standard InChI is InChI=1S/C6H5F2N3/c7-3-1-2-4(9)6(11-10)5(3)8/h1-2,9H,10H2/b9-4?,11-6+. The van der Waals surface area contributed by atoms with Crippen molar-refractivity contribution in [3.05, 3.63) is 23.8 Å². The molecule has 3 N–H and O–H groups in total. The largest absolute Gasteiger partial charge is 0.323 e. The molecule has 0 atom stereocenters. The van der Waals surface area contributed by atoms with Crippen LogP contribution in [0.1, 0.15) is 0 Å². The van der Waals surface area contributed by atoms with Crippen LogP contribution in [0.5, 0.6) is 0 Å². The van der Waals surface area contributed by atoms with Crippen molar-refractivity contribution in [3.63, 3.8) is 0 Å². The molecule has 0 fully saturated rings. The maximum Gasteiger partial charge on any atom is 0.188 e. The third-order valence-electron chi connectivity index (χ3n) is 1.20. The second kappa shape index (κ2) is 2.61. The van der Waals surface area contributed by atoms with Gasteiger partial charge in [-0.1, -0.05) is 0 Å². The van der Waals surface area contributed by atoms with Gasteiger partial charge in [0.2, 0.25) is 0 Å². The number of nitrogens with one attached hydrogen (secondary N) is 1. The van der Waals surface area contributed by atoms with Crippen molar-refractivity contribution < 1.29 is 8.78 Å². The summed E-state index contributed by atoms with van der Waals surface area (Å²) in [5.74, 6) is 2.49. The first-order chi connectivity index (χ1) is 5.16. The van der Waals surface area contributed by atoms with Gasteiger partial charge >= 0.3 is 0 Å². The van der Waals surface area contributed by atoms with Crippen LogP contribution < -0.4 is 5.84 Å². The van der Waals surface area contributed by atoms with Gasteiger partial charge in [-0.05, 0) is 12.2 Å². The Kier molecular flexibility index (Phi) is 1.80. The highest BCUT2D eigenvalue weighted by molar-refractivity contribution is 6.51. The van der Waals surface area contributed by atoms with Gasteiger partial charge in [-0.25, -0.2) is 8.78 Å². The number of allylic oxidation sites excluding steroid dienone is 4. The summed E-state index contributed by atoms with van der Waals surface area (Å²) in [4.78, 5) is 0. The number of hydrazone groups is 1. The first-order valence-corrected chi connectivity index (χ1v) is 2.77. The Morgan fingerprint density at radius 2 is 2.00 bits per heavy atom. The summed E-state index contributed by atoms with van der Waals surface area (Å²) in [6.07, 6.45) is 1.94. The lowest BCUT2D eigenvalue weighted by atomic mass is 10.1. The lowest BCUT2D eigenvalue weighted by molar-refractivity contribution is 0.582. The van der Waals surface area contributed by atoms with E-state index < -0.39 is 17.4 Å². The van der Waals surface area contributed by atoms with Gasteiger partial charge in [0, 0.05) is 0 Å². The first-order valence-electron chi connectivity index (χ1n) is 2.77. The zero-order chi connectivity index (χ0) is 8.43. The van der Waals surface area contributed by atoms with E-state index in [-0.39, 0.29) is 5.71 Å². The molecule has 3 nitrogen and oxygen atoms in total. The quantitative estimate of drug-likeness (QED) is 0.308. The lowest BCUT2D eigenvalue weighted by Crippen LogP contribution is -2.17. The van der Waals surface area contributed by atoms with Crippen LogP contribution >= 0.6 is 0 Å². The molecule has 1 aliphatic carbocycles. The lowest BCUT2D eigenvalue weighted by Gasteiger charge is -2.04. The van der Waals surface area contributed by atoms with Gasteiger partial charge in [0.15, 0.2) is 11.7 Å². The Balaban J connectivity index is 3.17. The predicted molar refractivity (Wildman–Crippen MR) is 37.7 cm³/mol. The summed E-state index contributed by atoms with van der Waals surface area (Å²) < 4.78 is 25.0. The Labute approximate surface area is 61.4 Å². The van der Waals surface area contributed by atoms with Crippen molar-refractivity contribution in [3.8, 4) is 0 Å². The third kappa shape index (κ3) is 1.17. The van der Waals surface area contributed by atoms with E-state index in [1.165, 1.54) is 0 Å². The molecule has 0 amide bonds. The molecule has 0 bridgehead atoms. The van der Waals surface area contributed by atoms with E-state index in [1.807, 2.05) is 0 Å². The molecule has 1 rings (SSSR count). The monoisotopic (exact) mass is 157 g/mol. The fraction of sp³-hybridized carbons (Fsp3) is 0. The number of rotatable bonds is 0. The van der Waals surface area contributed by atoms with Crippen LogP contribution in [0.4, 0.5) is 8.78 Å². The highest BCUT2D eigenvalue weighted by Gasteiger charge is 2.19. The van der Waals surface area contributed by atoms with Crippen LogP contribution in [0, 0.1) is 5.41 Å². The fourth-order valence-electron chi connectivity index (χ4n) is 0.666. The second-order valence-corrected chi connectivity index (χ2v) is 1.89. The smallest absolute Gasteiger partial charge is 0.188 e. The van der Waals surface area contributed by atoms with Crippen LogP contribution in [0.3, 0.4) is 0 Å². The molecule has 0 saturated heterocycles. The van der Waals surface area contributed by atoms with Crippen LogP contribution in [0.2, 0.25) is 0 Å². The van der Waals surface area contributed by atoms with E-state index in [0.29, 0.717) is 0 Å². The average Bonchev–Trinajstić information content (AvgIpc) is 1.99. The Bertz CT molecular complexity index is 288. The number of hydrogen-bond donors (Lipinski definition) is 2. The molecule has 0 aromatic rings. The molecule has 11 heavy (non-hydrogen) atoms. The molecule has 0 aromatic heterocycles. The Hall–Kier alpha value is -1.52. The van der Waals surface area contributed by atoms with Gasteiger partial charge in [-0.15, -0.1) is 0 Å². The summed E-state index contributed by atoms with van der Waals surface area (Å²) in [6.45, 7) is 0. The second-order valence-electron chi connectivity index (χ2n) is 1.89. The molecule has 0 radical (unpaired) electrons. The zero-order valence-electron chi connectivity index (χ0n) is 5.44. The van der Waals surface area contributed by atoms with Gasteiger partial charge in [-0.3, -0.25) is 5.41 Å². The minimum atomic E-state index is -1.18. The van der Waals surface area contributed by atoms with Gasteiger partial charge < -0.3 is 5.84 Å². The van der Waals surface area contributed by atoms with Crippen molar-refractivity contribution >= 4 is 11.4 Å². The number of nitrogens with two attached hydrogens (primary N) is 1. The molecule has 0 heterocycles. The van der Waals surface area contributed by atoms with Crippen LogP contribution in [-0.4, -0.2) is 11.4 Å². The van der Waals surface area contributed by atoms with Crippen LogP contribution in [0.25, 0.3) is 0 Å². The molecule has 0 aliphatic heterocycles. The van der Waals surface area contributed by atoms with Gasteiger partial charge in [0.05, 0.1) is 5.71 Å². The van der Waals surface area contributed by atoms with Crippen molar-refractivity contribution in [1.29, 1.82) is 5.41 Å². The molecule has 0 spiro atoms. The maximum absolute atomic E-state index is 12.6. The van der Waals surface area contributed by atoms with Crippen LogP contribution in [0.15, 0.2) is 28.9 Å². The summed E-state index contributed by atoms with van der Waals surface area (Å²) in [5.41, 5.74) is -0.684. The zero-order valence-corrected chi connectivity index (χ0v) is 5.44. The van der Waals surface area contributed by atoms with E-state index in [4.69, 9.17) is 11.3 Å². The molecule has 1 aliphatic rings. The SMILES string of the molecule is N=C1C=CC(F)=C(F)/C1=N/N. The van der Waals surface area contributed by atoms with Crippen LogP contribution in [-0.2, 0) is 0 Å². The van der Waals surface area contributed by atoms with Crippen molar-refractivity contribution in [1.82, 2.24) is 0 Å². The first kappa shape index (κ1) is 7.59. The van der Waals surface area contributed by atoms with E-state index in [9.17, 15) is 8.78 Å². The summed E-state index contributed by atoms with van der Waals surface area (Å²) in [5, 5.41) is 9.96. The van der Waals surface area contributed by atoms with Crippen molar-refractivity contribution in [2.24, 2.45) is 10.9 Å². The maximum atomic E-state index is 12.6. The topological polar surface area (TPSA) is 62.2 Å². The van der Waals surface area contributed by atoms with Gasteiger partial charge in [0.1, 0.15) is 5.71 Å². The average molecular weight is 157 g/mol. The van der Waals surface area contributed by atoms with E-state index in [1.54, 1.807) is 0 Å². The van der Waals surface area contributed by atoms with E-state index in [2.05, 4.69) is 5.10 Å². The number of halogens is 2. The summed E-state index contributed by atoms with van der Waals surface area (Å²) in [6, 6.07) is 0. The summed E-state index contributed by atoms with van der Waals surface area (Å²) in [7, 11) is 0. The molecular formula is C6H5F2N3. The third-order valence-corrected chi connectivity index (χ3v) is 1.20. The normalized spacial score (nSPS) is 21.6. The molecular weight excluding hydrogens is 152 g/mol. The molecule has 5 heteroatoms. The molecule has 0 saturated carbocycles. The van der Waals surface area contributed by atoms with E-state index in [0.717, 1.165) is 12.2 Å². The van der Waals surface area contributed by atoms with Crippen molar-refractivity contribution in [2.75, 3.05) is 0 Å². The fourth-order valence-corrected chi connectivity index (χ4v) is 0.666. The summed E-state index contributed by atoms with van der Waals surface area (Å²) >= 11 is 0. The minimum Gasteiger partial charge on any atom is -0.323 e. The molecule has 0 aromatic carbocycles.